The first-order chi connectivity index (χ1) is 16.7. The van der Waals surface area contributed by atoms with Gasteiger partial charge < -0.3 is 35.3 Å². The van der Waals surface area contributed by atoms with Crippen LogP contribution in [0.2, 0.25) is 0 Å². The van der Waals surface area contributed by atoms with Gasteiger partial charge in [0.25, 0.3) is 11.8 Å². The number of thioether (sulfide) groups is 1. The molecule has 35 heavy (non-hydrogen) atoms. The predicted octanol–water partition coefficient (Wildman–Crippen LogP) is -0.303. The van der Waals surface area contributed by atoms with Crippen molar-refractivity contribution in [2.45, 2.75) is 30.4 Å². The lowest BCUT2D eigenvalue weighted by atomic mass is 9.82. The lowest BCUT2D eigenvalue weighted by Crippen LogP contribution is -2.71. The van der Waals surface area contributed by atoms with Crippen molar-refractivity contribution in [1.29, 1.82) is 0 Å². The third kappa shape index (κ3) is 4.66. The Morgan fingerprint density at radius 1 is 1.29 bits per heavy atom. The lowest BCUT2D eigenvalue weighted by Gasteiger charge is -2.49. The number of ether oxygens (including phenoxy) is 1. The quantitative estimate of drug-likeness (QED) is 0.193. The van der Waals surface area contributed by atoms with E-state index in [1.54, 1.807) is 0 Å². The molecule has 4 rings (SSSR count). The molecule has 0 aromatic carbocycles. The van der Waals surface area contributed by atoms with Crippen LogP contribution in [0.5, 0.6) is 0 Å². The van der Waals surface area contributed by atoms with Gasteiger partial charge in [-0.3, -0.25) is 19.3 Å². The molecule has 2 unspecified atom stereocenters. The minimum atomic E-state index is -1.39. The van der Waals surface area contributed by atoms with Gasteiger partial charge in [-0.2, -0.15) is 0 Å². The number of carbonyl (C=O) groups excluding carboxylic acids is 3. The summed E-state index contributed by atoms with van der Waals surface area (Å²) in [6.07, 6.45) is 0.389. The summed E-state index contributed by atoms with van der Waals surface area (Å²) in [4.78, 5) is 65.9. The molecule has 0 radical (unpaired) electrons. The molecule has 1 aliphatic carbocycles. The van der Waals surface area contributed by atoms with Gasteiger partial charge in [-0.1, -0.05) is 5.16 Å². The molecule has 3 amide bonds. The summed E-state index contributed by atoms with van der Waals surface area (Å²) in [5.41, 5.74) is 4.49. The first-order valence-corrected chi connectivity index (χ1v) is 11.4. The molecule has 1 saturated heterocycles. The molecule has 2 aliphatic heterocycles. The number of carboxylic acid groups (broad SMARTS) is 2. The van der Waals surface area contributed by atoms with Crippen molar-refractivity contribution in [3.63, 3.8) is 0 Å². The molecule has 0 spiro atoms. The minimum Gasteiger partial charge on any atom is -0.481 e. The number of fused-ring (bicyclic) bond motifs is 1. The number of nitrogens with one attached hydrogen (secondary N) is 1. The fourth-order valence-corrected chi connectivity index (χ4v) is 5.10. The van der Waals surface area contributed by atoms with Crippen LogP contribution in [-0.2, 0) is 28.8 Å². The maximum Gasteiger partial charge on any atom is 0.404 e. The van der Waals surface area contributed by atoms with E-state index in [1.165, 1.54) is 30.2 Å². The number of oxime groups is 1. The van der Waals surface area contributed by atoms with E-state index in [2.05, 4.69) is 15.2 Å². The van der Waals surface area contributed by atoms with Crippen LogP contribution >= 0.6 is 11.8 Å². The van der Waals surface area contributed by atoms with Crippen LogP contribution in [0.3, 0.4) is 0 Å². The molecule has 2 fully saturated rings. The Kier molecular flexibility index (Phi) is 6.68. The highest BCUT2D eigenvalue weighted by molar-refractivity contribution is 8.00. The zero-order valence-corrected chi connectivity index (χ0v) is 18.7. The van der Waals surface area contributed by atoms with E-state index in [1.807, 2.05) is 0 Å². The van der Waals surface area contributed by atoms with Crippen molar-refractivity contribution >= 4 is 47.3 Å². The molecule has 3 heterocycles. The number of primary amides is 1. The summed E-state index contributed by atoms with van der Waals surface area (Å²) in [6.45, 7) is -0.386. The molecule has 1 aromatic rings. The highest BCUT2D eigenvalue weighted by Gasteiger charge is 2.54. The lowest BCUT2D eigenvalue weighted by molar-refractivity contribution is -0.155. The average Bonchev–Trinajstić information content (AvgIpc) is 3.31. The molecular weight excluding hydrogens is 488 g/mol. The molecule has 0 bridgehead atoms. The number of rotatable bonds is 9. The van der Waals surface area contributed by atoms with E-state index in [-0.39, 0.29) is 35.1 Å². The highest BCUT2D eigenvalue weighted by atomic mass is 32.2. The molecule has 3 aliphatic rings. The number of hydrogen-bond donors (Lipinski definition) is 4. The van der Waals surface area contributed by atoms with Crippen molar-refractivity contribution in [3.05, 3.63) is 35.4 Å². The maximum absolute atomic E-state index is 13.0. The fraction of sp³-hybridized carbons (Fsp3) is 0.400. The third-order valence-corrected chi connectivity index (χ3v) is 7.04. The smallest absolute Gasteiger partial charge is 0.404 e. The number of aliphatic carboxylic acids is 2. The Balaban J connectivity index is 1.48. The molecule has 15 heteroatoms. The largest absolute Gasteiger partial charge is 0.481 e. The topological polar surface area (TPSA) is 211 Å². The maximum atomic E-state index is 13.0. The number of furan rings is 1. The Morgan fingerprint density at radius 3 is 2.63 bits per heavy atom. The second-order valence-corrected chi connectivity index (χ2v) is 8.91. The summed E-state index contributed by atoms with van der Waals surface area (Å²) < 4.78 is 9.90. The molecular formula is C20H20N4O10S. The van der Waals surface area contributed by atoms with Crippen LogP contribution in [0.25, 0.3) is 0 Å². The second-order valence-electron chi connectivity index (χ2n) is 7.81. The highest BCUT2D eigenvalue weighted by Crippen LogP contribution is 2.40. The van der Waals surface area contributed by atoms with Gasteiger partial charge in [0.05, 0.1) is 12.2 Å². The van der Waals surface area contributed by atoms with Crippen LogP contribution in [-0.4, -0.2) is 80.6 Å². The van der Waals surface area contributed by atoms with Gasteiger partial charge in [-0.25, -0.2) is 9.59 Å². The molecule has 4 atom stereocenters. The van der Waals surface area contributed by atoms with E-state index in [0.29, 0.717) is 12.8 Å². The van der Waals surface area contributed by atoms with Gasteiger partial charge in [-0.15, -0.1) is 11.8 Å². The predicted molar refractivity (Wildman–Crippen MR) is 116 cm³/mol. The van der Waals surface area contributed by atoms with Crippen molar-refractivity contribution in [2.24, 2.45) is 16.8 Å². The van der Waals surface area contributed by atoms with E-state index in [4.69, 9.17) is 20.1 Å². The van der Waals surface area contributed by atoms with Crippen molar-refractivity contribution in [1.82, 2.24) is 10.2 Å². The number of nitrogens with zero attached hydrogens (tertiary/aromatic N) is 2. The third-order valence-electron chi connectivity index (χ3n) is 5.70. The van der Waals surface area contributed by atoms with E-state index < -0.39 is 53.3 Å². The van der Waals surface area contributed by atoms with Crippen LogP contribution in [0, 0.1) is 5.92 Å². The zero-order valence-electron chi connectivity index (χ0n) is 17.9. The molecule has 186 valence electrons. The van der Waals surface area contributed by atoms with Crippen molar-refractivity contribution in [2.75, 3.05) is 12.4 Å². The molecule has 1 saturated carbocycles. The SMILES string of the molecule is NC(=O)OCC1=C(C(=O)O)N2C(=O)[C@@H](NC(=O)C(=NOC3CCC3C(=O)O)c3ccco3)[C@H]2SC1. The Bertz CT molecular complexity index is 1130. The fourth-order valence-electron chi connectivity index (χ4n) is 3.77. The summed E-state index contributed by atoms with van der Waals surface area (Å²) in [5.74, 6) is -4.52. The van der Waals surface area contributed by atoms with E-state index in [9.17, 15) is 29.1 Å². The van der Waals surface area contributed by atoms with Gasteiger partial charge >= 0.3 is 18.0 Å². The van der Waals surface area contributed by atoms with Crippen LogP contribution < -0.4 is 11.1 Å². The Hall–Kier alpha value is -4.01. The number of hydrogen-bond acceptors (Lipinski definition) is 10. The first kappa shape index (κ1) is 24.1. The molecule has 14 nitrogen and oxygen atoms in total. The number of β-lactam (4-membered cyclic amide) rings is 1. The van der Waals surface area contributed by atoms with Crippen molar-refractivity contribution in [3.8, 4) is 0 Å². The standard InChI is InChI=1S/C20H20N4O10S/c21-20(31)33-6-8-7-35-17-13(16(26)24(17)14(8)19(29)30)22-15(25)12(11-2-1-5-32-11)23-34-10-4-3-9(10)18(27)28/h1-2,5,9-10,13,17H,3-4,6-7H2,(H2,21,31)(H,22,25)(H,27,28)(H,29,30)/t9?,10?,13-,17-/m1/s1. The minimum absolute atomic E-state index is 0.0330. The van der Waals surface area contributed by atoms with Gasteiger partial charge in [0, 0.05) is 11.3 Å². The zero-order chi connectivity index (χ0) is 25.3. The number of amides is 3. The van der Waals surface area contributed by atoms with Gasteiger partial charge in [0.2, 0.25) is 5.71 Å². The summed E-state index contributed by atoms with van der Waals surface area (Å²) in [7, 11) is 0. The van der Waals surface area contributed by atoms with Crippen LogP contribution in [0.15, 0.2) is 39.2 Å². The normalized spacial score (nSPS) is 25.7. The second kappa shape index (κ2) is 9.69. The van der Waals surface area contributed by atoms with Crippen LogP contribution in [0.4, 0.5) is 4.79 Å². The Morgan fingerprint density at radius 2 is 2.06 bits per heavy atom. The number of carbonyl (C=O) groups is 5. The first-order valence-electron chi connectivity index (χ1n) is 10.3. The molecule has 5 N–H and O–H groups in total. The summed E-state index contributed by atoms with van der Waals surface area (Å²) in [5, 5.41) is 24.3. The van der Waals surface area contributed by atoms with Gasteiger partial charge in [0.1, 0.15) is 29.8 Å². The summed E-state index contributed by atoms with van der Waals surface area (Å²) in [6, 6.07) is 1.88. The monoisotopic (exact) mass is 508 g/mol. The number of carboxylic acids is 2. The van der Waals surface area contributed by atoms with Gasteiger partial charge in [0.15, 0.2) is 5.76 Å². The summed E-state index contributed by atoms with van der Waals surface area (Å²) >= 11 is 1.17. The van der Waals surface area contributed by atoms with Crippen LogP contribution in [0.1, 0.15) is 18.6 Å². The van der Waals surface area contributed by atoms with Crippen molar-refractivity contribution < 1.29 is 48.2 Å². The molecule has 1 aromatic heterocycles. The average molecular weight is 508 g/mol. The van der Waals surface area contributed by atoms with Gasteiger partial charge in [-0.05, 0) is 25.0 Å². The number of nitrogens with two attached hydrogens (primary N) is 1. The van der Waals surface area contributed by atoms with E-state index >= 15 is 0 Å². The van der Waals surface area contributed by atoms with E-state index in [0.717, 1.165) is 4.90 Å². The Labute approximate surface area is 201 Å².